The van der Waals surface area contributed by atoms with Crippen LogP contribution in [0.3, 0.4) is 0 Å². The second-order valence-corrected chi connectivity index (χ2v) is 5.97. The first kappa shape index (κ1) is 19.4. The fraction of sp³-hybridized carbons (Fsp3) is 0.462. The van der Waals surface area contributed by atoms with Gasteiger partial charge in [0.05, 0.1) is 6.61 Å². The van der Waals surface area contributed by atoms with Crippen molar-refractivity contribution < 1.29 is 39.7 Å². The van der Waals surface area contributed by atoms with Gasteiger partial charge < -0.3 is 4.74 Å². The lowest BCUT2D eigenvalue weighted by atomic mass is 10.1. The van der Waals surface area contributed by atoms with Crippen LogP contribution in [0.2, 0.25) is 0 Å². The third kappa shape index (κ3) is 5.79. The van der Waals surface area contributed by atoms with Crippen LogP contribution in [0.15, 0.2) is 24.3 Å². The summed E-state index contributed by atoms with van der Waals surface area (Å²) in [5.41, 5.74) is -5.15. The predicted molar refractivity (Wildman–Crippen MR) is 71.2 cm³/mol. The second kappa shape index (κ2) is 7.73. The van der Waals surface area contributed by atoms with E-state index in [9.17, 15) is 30.8 Å². The van der Waals surface area contributed by atoms with Gasteiger partial charge in [-0.2, -0.15) is 21.6 Å². The van der Waals surface area contributed by atoms with E-state index < -0.39 is 33.5 Å². The minimum Gasteiger partial charge on any atom is -0.464 e. The molecule has 0 aromatic heterocycles. The van der Waals surface area contributed by atoms with Crippen LogP contribution in [0, 0.1) is 5.82 Å². The van der Waals surface area contributed by atoms with Gasteiger partial charge in [-0.25, -0.2) is 13.4 Å². The number of hydrogen-bond acceptors (Lipinski definition) is 5. The summed E-state index contributed by atoms with van der Waals surface area (Å²) in [6, 6.07) is 4.97. The quantitative estimate of drug-likeness (QED) is 0.324. The van der Waals surface area contributed by atoms with E-state index in [1.165, 1.54) is 19.1 Å². The predicted octanol–water partition coefficient (Wildman–Crippen LogP) is 2.56. The van der Waals surface area contributed by atoms with Crippen molar-refractivity contribution in [1.29, 1.82) is 0 Å². The van der Waals surface area contributed by atoms with Crippen molar-refractivity contribution in [1.82, 2.24) is 0 Å². The van der Waals surface area contributed by atoms with E-state index in [-0.39, 0.29) is 19.4 Å². The Morgan fingerprint density at radius 3 is 2.26 bits per heavy atom. The largest absolute Gasteiger partial charge is 0.523 e. The van der Waals surface area contributed by atoms with Crippen LogP contribution in [0.25, 0.3) is 0 Å². The zero-order valence-electron chi connectivity index (χ0n) is 12.0. The lowest BCUT2D eigenvalue weighted by molar-refractivity contribution is -0.152. The van der Waals surface area contributed by atoms with Crippen molar-refractivity contribution in [2.24, 2.45) is 0 Å². The highest BCUT2D eigenvalue weighted by atomic mass is 32.2. The lowest BCUT2D eigenvalue weighted by Gasteiger charge is -2.17. The van der Waals surface area contributed by atoms with Crippen LogP contribution in [0.1, 0.15) is 18.9 Å². The number of carbonyl (C=O) groups is 1. The maximum absolute atomic E-state index is 12.8. The molecule has 1 aromatic carbocycles. The summed E-state index contributed by atoms with van der Waals surface area (Å²) in [6.07, 6.45) is -2.32. The van der Waals surface area contributed by atoms with Crippen LogP contribution >= 0.6 is 0 Å². The third-order valence-electron chi connectivity index (χ3n) is 2.68. The Morgan fingerprint density at radius 2 is 1.78 bits per heavy atom. The van der Waals surface area contributed by atoms with Crippen molar-refractivity contribution in [2.45, 2.75) is 31.4 Å². The molecule has 0 aliphatic heterocycles. The average Bonchev–Trinajstić information content (AvgIpc) is 2.44. The summed E-state index contributed by atoms with van der Waals surface area (Å²) in [7, 11) is -5.93. The number of aryl methyl sites for hydroxylation is 1. The molecule has 23 heavy (non-hydrogen) atoms. The van der Waals surface area contributed by atoms with Crippen molar-refractivity contribution in [3.63, 3.8) is 0 Å². The van der Waals surface area contributed by atoms with Crippen LogP contribution < -0.4 is 0 Å². The smallest absolute Gasteiger partial charge is 0.464 e. The molecule has 0 aliphatic carbocycles. The Balaban J connectivity index is 2.85. The number of rotatable bonds is 7. The van der Waals surface area contributed by atoms with Crippen molar-refractivity contribution in [2.75, 3.05) is 6.61 Å². The molecule has 10 heteroatoms. The Bertz CT molecular complexity index is 625. The normalized spacial score (nSPS) is 13.6. The van der Waals surface area contributed by atoms with Gasteiger partial charge in [-0.05, 0) is 37.5 Å². The monoisotopic (exact) mass is 358 g/mol. The molecule has 0 spiro atoms. The van der Waals surface area contributed by atoms with Gasteiger partial charge in [-0.15, -0.1) is 0 Å². The summed E-state index contributed by atoms with van der Waals surface area (Å²) in [4.78, 5) is 11.6. The minimum absolute atomic E-state index is 0.00284. The molecule has 0 amide bonds. The van der Waals surface area contributed by atoms with Gasteiger partial charge in [0.2, 0.25) is 0 Å². The fourth-order valence-electron chi connectivity index (χ4n) is 1.60. The van der Waals surface area contributed by atoms with Crippen LogP contribution in [0.4, 0.5) is 17.6 Å². The fourth-order valence-corrected chi connectivity index (χ4v) is 2.19. The molecule has 0 N–H and O–H groups in total. The third-order valence-corrected chi connectivity index (χ3v) is 3.74. The minimum atomic E-state index is -5.93. The van der Waals surface area contributed by atoms with Gasteiger partial charge in [0, 0.05) is 0 Å². The highest BCUT2D eigenvalue weighted by Crippen LogP contribution is 2.27. The summed E-state index contributed by atoms with van der Waals surface area (Å²) < 4.78 is 80.3. The van der Waals surface area contributed by atoms with Crippen molar-refractivity contribution in [3.05, 3.63) is 35.6 Å². The molecule has 130 valence electrons. The first-order valence-corrected chi connectivity index (χ1v) is 7.88. The van der Waals surface area contributed by atoms with E-state index >= 15 is 0 Å². The molecule has 1 rings (SSSR count). The SMILES string of the molecule is CCOC(=O)[C@@H](CCc1ccc(F)cc1)OS(=O)(=O)C(F)(F)F. The molecule has 0 heterocycles. The van der Waals surface area contributed by atoms with E-state index in [0.717, 1.165) is 12.1 Å². The Morgan fingerprint density at radius 1 is 1.22 bits per heavy atom. The molecule has 0 fully saturated rings. The van der Waals surface area contributed by atoms with E-state index in [2.05, 4.69) is 8.92 Å². The zero-order valence-corrected chi connectivity index (χ0v) is 12.8. The number of carbonyl (C=O) groups excluding carboxylic acids is 1. The molecule has 0 aliphatic rings. The first-order chi connectivity index (χ1) is 10.6. The number of benzene rings is 1. The first-order valence-electron chi connectivity index (χ1n) is 6.47. The van der Waals surface area contributed by atoms with Gasteiger partial charge in [0.1, 0.15) is 5.82 Å². The number of esters is 1. The van der Waals surface area contributed by atoms with E-state index in [4.69, 9.17) is 0 Å². The number of ether oxygens (including phenoxy) is 1. The standard InChI is InChI=1S/C13H14F4O5S/c1-2-21-12(18)11(22-23(19,20)13(15,16)17)8-5-9-3-6-10(14)7-4-9/h3-4,6-7,11H,2,5,8H2,1H3/t11-/m1/s1. The molecule has 0 saturated heterocycles. The van der Waals surface area contributed by atoms with Gasteiger partial charge in [0.25, 0.3) is 0 Å². The Labute approximate surface area is 130 Å². The molecule has 0 radical (unpaired) electrons. The maximum atomic E-state index is 12.8. The lowest BCUT2D eigenvalue weighted by Crippen LogP contribution is -2.35. The summed E-state index contributed by atoms with van der Waals surface area (Å²) in [5.74, 6) is -1.73. The molecule has 0 saturated carbocycles. The Kier molecular flexibility index (Phi) is 6.51. The van der Waals surface area contributed by atoms with E-state index in [1.807, 2.05) is 0 Å². The topological polar surface area (TPSA) is 69.7 Å². The summed E-state index contributed by atoms with van der Waals surface area (Å²) in [6.45, 7) is 1.26. The molecule has 1 aromatic rings. The molecule has 0 unspecified atom stereocenters. The van der Waals surface area contributed by atoms with E-state index in [1.54, 1.807) is 0 Å². The zero-order chi connectivity index (χ0) is 17.7. The highest BCUT2D eigenvalue weighted by Gasteiger charge is 2.49. The van der Waals surface area contributed by atoms with Crippen LogP contribution in [0.5, 0.6) is 0 Å². The van der Waals surface area contributed by atoms with Crippen LogP contribution in [-0.2, 0) is 30.3 Å². The molecule has 0 bridgehead atoms. The Hall–Kier alpha value is -1.68. The van der Waals surface area contributed by atoms with Gasteiger partial charge in [0.15, 0.2) is 6.10 Å². The number of halogens is 4. The maximum Gasteiger partial charge on any atom is 0.523 e. The molecular formula is C13H14F4O5S. The molecule has 5 nitrogen and oxygen atoms in total. The summed E-state index contributed by atoms with van der Waals surface area (Å²) in [5, 5.41) is 0. The van der Waals surface area contributed by atoms with Crippen molar-refractivity contribution >= 4 is 16.1 Å². The van der Waals surface area contributed by atoms with Gasteiger partial charge in [-0.1, -0.05) is 12.1 Å². The number of hydrogen-bond donors (Lipinski definition) is 0. The molecule has 1 atom stereocenters. The van der Waals surface area contributed by atoms with Crippen LogP contribution in [-0.4, -0.2) is 32.6 Å². The second-order valence-electron chi connectivity index (χ2n) is 4.40. The van der Waals surface area contributed by atoms with Gasteiger partial charge in [-0.3, -0.25) is 0 Å². The van der Waals surface area contributed by atoms with E-state index in [0.29, 0.717) is 5.56 Å². The average molecular weight is 358 g/mol. The summed E-state index contributed by atoms with van der Waals surface area (Å²) >= 11 is 0. The number of alkyl halides is 3. The van der Waals surface area contributed by atoms with Gasteiger partial charge >= 0.3 is 21.6 Å². The molecular weight excluding hydrogens is 344 g/mol. The van der Waals surface area contributed by atoms with Crippen molar-refractivity contribution in [3.8, 4) is 0 Å². The highest BCUT2D eigenvalue weighted by molar-refractivity contribution is 7.87.